The van der Waals surface area contributed by atoms with Crippen LogP contribution in [0.3, 0.4) is 0 Å². The van der Waals surface area contributed by atoms with Crippen molar-refractivity contribution in [3.05, 3.63) is 66.1 Å². The SMILES string of the molecule is Cc1ncccc1OC1CCN(S(=O)(=O)Cc2cccc3cccnc23)C1. The highest BCUT2D eigenvalue weighted by molar-refractivity contribution is 7.88. The highest BCUT2D eigenvalue weighted by atomic mass is 32.2. The predicted octanol–water partition coefficient (Wildman–Crippen LogP) is 2.92. The predicted molar refractivity (Wildman–Crippen MR) is 104 cm³/mol. The molecule has 0 saturated carbocycles. The number of fused-ring (bicyclic) bond motifs is 1. The number of sulfonamides is 1. The Kier molecular flexibility index (Phi) is 4.80. The van der Waals surface area contributed by atoms with Crippen LogP contribution in [0.15, 0.2) is 54.9 Å². The molecule has 0 aliphatic carbocycles. The number of aryl methyl sites for hydroxylation is 1. The zero-order chi connectivity index (χ0) is 18.9. The average Bonchev–Trinajstić information content (AvgIpc) is 3.13. The molecule has 7 heteroatoms. The third-order valence-corrected chi connectivity index (χ3v) is 6.60. The molecule has 1 fully saturated rings. The van der Waals surface area contributed by atoms with Gasteiger partial charge in [0.25, 0.3) is 0 Å². The number of rotatable bonds is 5. The van der Waals surface area contributed by atoms with E-state index in [-0.39, 0.29) is 11.9 Å². The molecule has 0 bridgehead atoms. The Balaban J connectivity index is 1.49. The number of ether oxygens (including phenoxy) is 1. The summed E-state index contributed by atoms with van der Waals surface area (Å²) in [4.78, 5) is 8.57. The van der Waals surface area contributed by atoms with Crippen LogP contribution in [-0.4, -0.2) is 41.9 Å². The van der Waals surface area contributed by atoms with Gasteiger partial charge in [-0.15, -0.1) is 0 Å². The van der Waals surface area contributed by atoms with E-state index in [1.54, 1.807) is 12.4 Å². The van der Waals surface area contributed by atoms with Crippen LogP contribution in [0.5, 0.6) is 5.75 Å². The molecular formula is C20H21N3O3S. The molecule has 1 saturated heterocycles. The van der Waals surface area contributed by atoms with Gasteiger partial charge < -0.3 is 4.74 Å². The second kappa shape index (κ2) is 7.25. The Morgan fingerprint density at radius 3 is 2.74 bits per heavy atom. The summed E-state index contributed by atoms with van der Waals surface area (Å²) in [5.74, 6) is 0.653. The molecule has 6 nitrogen and oxygen atoms in total. The third-order valence-electron chi connectivity index (χ3n) is 4.81. The van der Waals surface area contributed by atoms with Crippen molar-refractivity contribution in [2.45, 2.75) is 25.2 Å². The van der Waals surface area contributed by atoms with Gasteiger partial charge in [-0.05, 0) is 37.1 Å². The molecule has 0 amide bonds. The van der Waals surface area contributed by atoms with Crippen molar-refractivity contribution in [1.29, 1.82) is 0 Å². The lowest BCUT2D eigenvalue weighted by molar-refractivity contribution is 0.213. The zero-order valence-electron chi connectivity index (χ0n) is 15.1. The average molecular weight is 383 g/mol. The molecule has 0 radical (unpaired) electrons. The minimum Gasteiger partial charge on any atom is -0.487 e. The van der Waals surface area contributed by atoms with Crippen molar-refractivity contribution in [2.24, 2.45) is 0 Å². The smallest absolute Gasteiger partial charge is 0.218 e. The van der Waals surface area contributed by atoms with Crippen LogP contribution in [0, 0.1) is 6.92 Å². The minimum atomic E-state index is -3.44. The Hall–Kier alpha value is -2.51. The summed E-state index contributed by atoms with van der Waals surface area (Å²) in [7, 11) is -3.44. The molecule has 3 heterocycles. The maximum Gasteiger partial charge on any atom is 0.218 e. The van der Waals surface area contributed by atoms with Gasteiger partial charge in [-0.2, -0.15) is 4.31 Å². The first-order chi connectivity index (χ1) is 13.0. The molecule has 1 unspecified atom stereocenters. The van der Waals surface area contributed by atoms with Gasteiger partial charge in [0.2, 0.25) is 10.0 Å². The summed E-state index contributed by atoms with van der Waals surface area (Å²) < 4.78 is 33.4. The van der Waals surface area contributed by atoms with Gasteiger partial charge in [0.05, 0.1) is 23.5 Å². The van der Waals surface area contributed by atoms with Crippen LogP contribution in [0.1, 0.15) is 17.7 Å². The lowest BCUT2D eigenvalue weighted by Crippen LogP contribution is -2.32. The van der Waals surface area contributed by atoms with Crippen molar-refractivity contribution in [3.8, 4) is 5.75 Å². The van der Waals surface area contributed by atoms with Crippen LogP contribution < -0.4 is 4.74 Å². The quantitative estimate of drug-likeness (QED) is 0.677. The van der Waals surface area contributed by atoms with Gasteiger partial charge in [-0.25, -0.2) is 8.42 Å². The molecule has 0 spiro atoms. The molecule has 2 aromatic heterocycles. The number of hydrogen-bond acceptors (Lipinski definition) is 5. The second-order valence-electron chi connectivity index (χ2n) is 6.72. The summed E-state index contributed by atoms with van der Waals surface area (Å²) in [6.07, 6.45) is 3.91. The van der Waals surface area contributed by atoms with Crippen LogP contribution >= 0.6 is 0 Å². The van der Waals surface area contributed by atoms with Crippen molar-refractivity contribution in [2.75, 3.05) is 13.1 Å². The van der Waals surface area contributed by atoms with Gasteiger partial charge in [-0.1, -0.05) is 24.3 Å². The number of pyridine rings is 2. The van der Waals surface area contributed by atoms with E-state index in [0.29, 0.717) is 25.3 Å². The Morgan fingerprint density at radius 2 is 1.89 bits per heavy atom. The standard InChI is InChI=1S/C20H21N3O3S/c1-15-19(8-4-10-21-15)26-18-9-12-23(13-18)27(24,25)14-17-6-2-5-16-7-3-11-22-20(16)17/h2-8,10-11,18H,9,12-14H2,1H3. The van der Waals surface area contributed by atoms with Crippen LogP contribution in [0.2, 0.25) is 0 Å². The normalized spacial score (nSPS) is 18.0. The van der Waals surface area contributed by atoms with Crippen molar-refractivity contribution in [1.82, 2.24) is 14.3 Å². The van der Waals surface area contributed by atoms with E-state index in [2.05, 4.69) is 9.97 Å². The van der Waals surface area contributed by atoms with E-state index in [0.717, 1.165) is 22.2 Å². The fourth-order valence-electron chi connectivity index (χ4n) is 3.39. The van der Waals surface area contributed by atoms with E-state index in [1.807, 2.05) is 49.4 Å². The lowest BCUT2D eigenvalue weighted by Gasteiger charge is -2.18. The maximum atomic E-state index is 12.9. The summed E-state index contributed by atoms with van der Waals surface area (Å²) >= 11 is 0. The van der Waals surface area contributed by atoms with Gasteiger partial charge >= 0.3 is 0 Å². The number of para-hydroxylation sites is 1. The molecule has 140 valence electrons. The highest BCUT2D eigenvalue weighted by Gasteiger charge is 2.33. The summed E-state index contributed by atoms with van der Waals surface area (Å²) in [5.41, 5.74) is 2.27. The van der Waals surface area contributed by atoms with Gasteiger partial charge in [0.1, 0.15) is 11.9 Å². The zero-order valence-corrected chi connectivity index (χ0v) is 15.9. The molecule has 1 aromatic carbocycles. The second-order valence-corrected chi connectivity index (χ2v) is 8.69. The lowest BCUT2D eigenvalue weighted by atomic mass is 10.1. The van der Waals surface area contributed by atoms with E-state index < -0.39 is 10.0 Å². The molecule has 3 aromatic rings. The summed E-state index contributed by atoms with van der Waals surface area (Å²) in [5, 5.41) is 0.944. The largest absolute Gasteiger partial charge is 0.487 e. The monoisotopic (exact) mass is 383 g/mol. The first-order valence-corrected chi connectivity index (χ1v) is 10.5. The molecule has 1 aliphatic heterocycles. The van der Waals surface area contributed by atoms with Crippen LogP contribution in [0.25, 0.3) is 10.9 Å². The molecular weight excluding hydrogens is 362 g/mol. The van der Waals surface area contributed by atoms with Gasteiger partial charge in [-0.3, -0.25) is 9.97 Å². The van der Waals surface area contributed by atoms with E-state index >= 15 is 0 Å². The Morgan fingerprint density at radius 1 is 1.11 bits per heavy atom. The Labute approximate surface area is 158 Å². The third kappa shape index (κ3) is 3.79. The van der Waals surface area contributed by atoms with E-state index in [4.69, 9.17) is 4.74 Å². The molecule has 4 rings (SSSR count). The van der Waals surface area contributed by atoms with Gasteiger partial charge in [0, 0.05) is 24.3 Å². The molecule has 0 N–H and O–H groups in total. The summed E-state index contributed by atoms with van der Waals surface area (Å²) in [6, 6.07) is 13.1. The van der Waals surface area contributed by atoms with Gasteiger partial charge in [0.15, 0.2) is 0 Å². The van der Waals surface area contributed by atoms with Crippen molar-refractivity contribution >= 4 is 20.9 Å². The molecule has 1 aliphatic rings. The number of hydrogen-bond donors (Lipinski definition) is 0. The number of aromatic nitrogens is 2. The van der Waals surface area contributed by atoms with E-state index in [1.165, 1.54) is 4.31 Å². The topological polar surface area (TPSA) is 72.4 Å². The number of nitrogens with zero attached hydrogens (tertiary/aromatic N) is 3. The summed E-state index contributed by atoms with van der Waals surface area (Å²) in [6.45, 7) is 2.70. The first kappa shape index (κ1) is 17.9. The number of benzene rings is 1. The van der Waals surface area contributed by atoms with Crippen LogP contribution in [0.4, 0.5) is 0 Å². The minimum absolute atomic E-state index is 0.0556. The maximum absolute atomic E-state index is 12.9. The fraction of sp³-hybridized carbons (Fsp3) is 0.300. The highest BCUT2D eigenvalue weighted by Crippen LogP contribution is 2.25. The molecule has 27 heavy (non-hydrogen) atoms. The molecule has 1 atom stereocenters. The first-order valence-electron chi connectivity index (χ1n) is 8.92. The van der Waals surface area contributed by atoms with Crippen LogP contribution in [-0.2, 0) is 15.8 Å². The van der Waals surface area contributed by atoms with Crippen molar-refractivity contribution < 1.29 is 13.2 Å². The van der Waals surface area contributed by atoms with Crippen molar-refractivity contribution in [3.63, 3.8) is 0 Å². The fourth-order valence-corrected chi connectivity index (χ4v) is 4.98. The Bertz CT molecular complexity index is 1060. The van der Waals surface area contributed by atoms with E-state index in [9.17, 15) is 8.42 Å².